The lowest BCUT2D eigenvalue weighted by molar-refractivity contribution is -0.142. The molecule has 1 atom stereocenters. The Morgan fingerprint density at radius 1 is 1.37 bits per heavy atom. The van der Waals surface area contributed by atoms with Crippen molar-refractivity contribution in [3.63, 3.8) is 0 Å². The van der Waals surface area contributed by atoms with Gasteiger partial charge in [0.1, 0.15) is 6.04 Å². The molecule has 19 heavy (non-hydrogen) atoms. The van der Waals surface area contributed by atoms with Crippen molar-refractivity contribution in [2.45, 2.75) is 18.9 Å². The van der Waals surface area contributed by atoms with Crippen LogP contribution in [0.3, 0.4) is 0 Å². The summed E-state index contributed by atoms with van der Waals surface area (Å²) >= 11 is 0. The minimum Gasteiger partial charge on any atom is -0.467 e. The molecule has 100 valence electrons. The molecule has 6 heteroatoms. The minimum absolute atomic E-state index is 0.0886. The number of rotatable bonds is 2. The van der Waals surface area contributed by atoms with Crippen molar-refractivity contribution in [3.8, 4) is 11.5 Å². The summed E-state index contributed by atoms with van der Waals surface area (Å²) in [6.07, 6.45) is 0.814. The van der Waals surface area contributed by atoms with Crippen LogP contribution in [0.5, 0.6) is 11.5 Å². The van der Waals surface area contributed by atoms with E-state index >= 15 is 0 Å². The Morgan fingerprint density at radius 2 is 2.16 bits per heavy atom. The van der Waals surface area contributed by atoms with Gasteiger partial charge in [-0.2, -0.15) is 0 Å². The third kappa shape index (κ3) is 1.89. The first-order chi connectivity index (χ1) is 9.20. The van der Waals surface area contributed by atoms with Gasteiger partial charge in [0.05, 0.1) is 7.11 Å². The Balaban J connectivity index is 1.95. The highest BCUT2D eigenvalue weighted by atomic mass is 16.7. The van der Waals surface area contributed by atoms with E-state index in [0.29, 0.717) is 30.0 Å². The fourth-order valence-electron chi connectivity index (χ4n) is 2.40. The number of amides is 1. The van der Waals surface area contributed by atoms with E-state index in [0.717, 1.165) is 0 Å². The summed E-state index contributed by atoms with van der Waals surface area (Å²) in [6.45, 7) is 0.174. The molecule has 0 aromatic heterocycles. The van der Waals surface area contributed by atoms with Crippen molar-refractivity contribution < 1.29 is 23.8 Å². The van der Waals surface area contributed by atoms with Gasteiger partial charge in [-0.3, -0.25) is 9.69 Å². The zero-order chi connectivity index (χ0) is 13.4. The lowest BCUT2D eigenvalue weighted by Crippen LogP contribution is -2.39. The molecule has 0 aliphatic carbocycles. The Morgan fingerprint density at radius 3 is 2.95 bits per heavy atom. The SMILES string of the molecule is COC(=O)C1CCC(=O)N1c1ccc2c(c1)OCO2. The molecule has 0 N–H and O–H groups in total. The second-order valence-corrected chi connectivity index (χ2v) is 4.38. The summed E-state index contributed by atoms with van der Waals surface area (Å²) in [7, 11) is 1.32. The number of methoxy groups -OCH3 is 1. The predicted octanol–water partition coefficient (Wildman–Crippen LogP) is 1.08. The topological polar surface area (TPSA) is 65.1 Å². The van der Waals surface area contributed by atoms with E-state index in [-0.39, 0.29) is 12.7 Å². The summed E-state index contributed by atoms with van der Waals surface area (Å²) in [5.41, 5.74) is 0.627. The standard InChI is InChI=1S/C13H13NO5/c1-17-13(16)9-3-5-12(15)14(9)8-2-4-10-11(6-8)19-7-18-10/h2,4,6,9H,3,5,7H2,1H3. The van der Waals surface area contributed by atoms with Crippen molar-refractivity contribution in [1.29, 1.82) is 0 Å². The van der Waals surface area contributed by atoms with Crippen LogP contribution < -0.4 is 14.4 Å². The minimum atomic E-state index is -0.558. The maximum absolute atomic E-state index is 12.0. The monoisotopic (exact) mass is 263 g/mol. The fourth-order valence-corrected chi connectivity index (χ4v) is 2.40. The molecule has 1 amide bonds. The normalized spacial score (nSPS) is 20.8. The lowest BCUT2D eigenvalue weighted by Gasteiger charge is -2.23. The number of esters is 1. The van der Waals surface area contributed by atoms with Crippen LogP contribution in [0, 0.1) is 0 Å². The molecular formula is C13H13NO5. The zero-order valence-electron chi connectivity index (χ0n) is 10.4. The number of nitrogens with zero attached hydrogens (tertiary/aromatic N) is 1. The van der Waals surface area contributed by atoms with E-state index in [1.165, 1.54) is 12.0 Å². The summed E-state index contributed by atoms with van der Waals surface area (Å²) in [4.78, 5) is 25.1. The van der Waals surface area contributed by atoms with Gasteiger partial charge < -0.3 is 14.2 Å². The summed E-state index contributed by atoms with van der Waals surface area (Å²) < 4.78 is 15.2. The van der Waals surface area contributed by atoms with Gasteiger partial charge in [-0.05, 0) is 18.6 Å². The summed E-state index contributed by atoms with van der Waals surface area (Å²) in [6, 6.07) is 4.63. The molecule has 1 saturated heterocycles. The Labute approximate surface area is 109 Å². The maximum Gasteiger partial charge on any atom is 0.328 e. The average molecular weight is 263 g/mol. The van der Waals surface area contributed by atoms with Gasteiger partial charge in [0, 0.05) is 18.2 Å². The first-order valence-corrected chi connectivity index (χ1v) is 6.00. The van der Waals surface area contributed by atoms with Gasteiger partial charge in [0.15, 0.2) is 11.5 Å². The van der Waals surface area contributed by atoms with Gasteiger partial charge in [0.2, 0.25) is 12.7 Å². The van der Waals surface area contributed by atoms with Gasteiger partial charge in [-0.1, -0.05) is 0 Å². The van der Waals surface area contributed by atoms with E-state index in [2.05, 4.69) is 0 Å². The van der Waals surface area contributed by atoms with E-state index < -0.39 is 12.0 Å². The van der Waals surface area contributed by atoms with Gasteiger partial charge in [0.25, 0.3) is 0 Å². The Bertz CT molecular complexity index is 542. The first-order valence-electron chi connectivity index (χ1n) is 6.00. The van der Waals surface area contributed by atoms with Crippen molar-refractivity contribution >= 4 is 17.6 Å². The molecule has 0 spiro atoms. The Kier molecular flexibility index (Phi) is 2.77. The van der Waals surface area contributed by atoms with Gasteiger partial charge in [-0.15, -0.1) is 0 Å². The van der Waals surface area contributed by atoms with E-state index in [1.54, 1.807) is 18.2 Å². The highest BCUT2D eigenvalue weighted by Gasteiger charge is 2.38. The predicted molar refractivity (Wildman–Crippen MR) is 65.1 cm³/mol. The van der Waals surface area contributed by atoms with Crippen molar-refractivity contribution in [3.05, 3.63) is 18.2 Å². The molecule has 1 fully saturated rings. The number of benzene rings is 1. The van der Waals surface area contributed by atoms with Crippen LogP contribution >= 0.6 is 0 Å². The van der Waals surface area contributed by atoms with Crippen molar-refractivity contribution in [2.24, 2.45) is 0 Å². The van der Waals surface area contributed by atoms with E-state index in [4.69, 9.17) is 14.2 Å². The van der Waals surface area contributed by atoms with Crippen molar-refractivity contribution in [1.82, 2.24) is 0 Å². The van der Waals surface area contributed by atoms with Crippen LogP contribution in [-0.2, 0) is 14.3 Å². The third-order valence-electron chi connectivity index (χ3n) is 3.32. The third-order valence-corrected chi connectivity index (χ3v) is 3.32. The molecule has 3 rings (SSSR count). The van der Waals surface area contributed by atoms with E-state index in [1.807, 2.05) is 0 Å². The number of carbonyl (C=O) groups excluding carboxylic acids is 2. The number of hydrogen-bond acceptors (Lipinski definition) is 5. The molecule has 2 aliphatic heterocycles. The molecule has 1 aromatic carbocycles. The number of fused-ring (bicyclic) bond motifs is 1. The molecule has 2 aliphatic rings. The first kappa shape index (κ1) is 11.8. The molecule has 0 radical (unpaired) electrons. The highest BCUT2D eigenvalue weighted by Crippen LogP contribution is 2.37. The Hall–Kier alpha value is -2.24. The fraction of sp³-hybridized carbons (Fsp3) is 0.385. The van der Waals surface area contributed by atoms with Crippen LogP contribution in [0.2, 0.25) is 0 Å². The molecular weight excluding hydrogens is 250 g/mol. The number of carbonyl (C=O) groups is 2. The smallest absolute Gasteiger partial charge is 0.328 e. The molecule has 2 heterocycles. The van der Waals surface area contributed by atoms with Gasteiger partial charge in [-0.25, -0.2) is 4.79 Å². The summed E-state index contributed by atoms with van der Waals surface area (Å²) in [5.74, 6) is 0.739. The second kappa shape index (κ2) is 4.46. The van der Waals surface area contributed by atoms with Crippen molar-refractivity contribution in [2.75, 3.05) is 18.8 Å². The van der Waals surface area contributed by atoms with E-state index in [9.17, 15) is 9.59 Å². The van der Waals surface area contributed by atoms with Crippen LogP contribution in [0.1, 0.15) is 12.8 Å². The van der Waals surface area contributed by atoms with Crippen LogP contribution in [-0.4, -0.2) is 31.8 Å². The number of hydrogen-bond donors (Lipinski definition) is 0. The molecule has 0 saturated carbocycles. The molecule has 1 aromatic rings. The van der Waals surface area contributed by atoms with Crippen LogP contribution in [0.15, 0.2) is 18.2 Å². The number of ether oxygens (including phenoxy) is 3. The highest BCUT2D eigenvalue weighted by molar-refractivity contribution is 6.02. The van der Waals surface area contributed by atoms with Crippen LogP contribution in [0.25, 0.3) is 0 Å². The largest absolute Gasteiger partial charge is 0.467 e. The van der Waals surface area contributed by atoms with Crippen LogP contribution in [0.4, 0.5) is 5.69 Å². The van der Waals surface area contributed by atoms with Gasteiger partial charge >= 0.3 is 5.97 Å². The molecule has 1 unspecified atom stereocenters. The summed E-state index contributed by atoms with van der Waals surface area (Å²) in [5, 5.41) is 0. The lowest BCUT2D eigenvalue weighted by atomic mass is 10.2. The number of anilines is 1. The quantitative estimate of drug-likeness (QED) is 0.747. The average Bonchev–Trinajstić information content (AvgIpc) is 3.03. The molecule has 6 nitrogen and oxygen atoms in total. The maximum atomic E-state index is 12.0. The zero-order valence-corrected chi connectivity index (χ0v) is 10.4. The molecule has 0 bridgehead atoms. The second-order valence-electron chi connectivity index (χ2n) is 4.38.